The Bertz CT molecular complexity index is 1010. The molecule has 2 N–H and O–H groups in total. The fraction of sp³-hybridized carbons (Fsp3) is 0.444. The lowest BCUT2D eigenvalue weighted by Gasteiger charge is -2.28. The van der Waals surface area contributed by atoms with Crippen LogP contribution in [0, 0.1) is 0 Å². The minimum absolute atomic E-state index is 0.0542. The normalized spacial score (nSPS) is 17.7. The number of fused-ring (bicyclic) bond motifs is 3. The zero-order valence-corrected chi connectivity index (χ0v) is 19.5. The number of ether oxygens (including phenoxy) is 1. The molecule has 0 spiro atoms. The number of hydrogen-bond donors (Lipinski definition) is 2. The second-order valence-corrected chi connectivity index (χ2v) is 9.09. The van der Waals surface area contributed by atoms with Crippen LogP contribution >= 0.6 is 0 Å². The SMILES string of the molecule is CCCC[C@H](NC(=O)OCC1c2ccccc2-c2ccccc21)C(=O)N1CCCC1CC(=O)O. The second kappa shape index (κ2) is 10.7. The zero-order chi connectivity index (χ0) is 24.1. The van der Waals surface area contributed by atoms with Crippen molar-refractivity contribution in [3.63, 3.8) is 0 Å². The van der Waals surface area contributed by atoms with Gasteiger partial charge in [0.1, 0.15) is 12.6 Å². The molecular formula is C27H32N2O5. The highest BCUT2D eigenvalue weighted by atomic mass is 16.5. The number of carboxylic acid groups (broad SMARTS) is 1. The molecular weight excluding hydrogens is 432 g/mol. The lowest BCUT2D eigenvalue weighted by molar-refractivity contribution is -0.140. The van der Waals surface area contributed by atoms with Gasteiger partial charge in [-0.25, -0.2) is 4.79 Å². The monoisotopic (exact) mass is 464 g/mol. The number of alkyl carbamates (subject to hydrolysis) is 1. The van der Waals surface area contributed by atoms with E-state index in [4.69, 9.17) is 4.74 Å². The van der Waals surface area contributed by atoms with Crippen molar-refractivity contribution in [3.05, 3.63) is 59.7 Å². The van der Waals surface area contributed by atoms with Crippen molar-refractivity contribution >= 4 is 18.0 Å². The standard InChI is InChI=1S/C27H32N2O5/c1-2-3-14-24(26(32)29-15-8-9-18(29)16-25(30)31)28-27(33)34-17-23-21-12-6-4-10-19(21)20-11-5-7-13-22(20)23/h4-7,10-13,18,23-24H,2-3,8-9,14-17H2,1H3,(H,28,33)(H,30,31)/t18?,24-/m0/s1. The molecule has 2 atom stereocenters. The van der Waals surface area contributed by atoms with Gasteiger partial charge in [0.05, 0.1) is 6.42 Å². The summed E-state index contributed by atoms with van der Waals surface area (Å²) in [5.41, 5.74) is 4.57. The Balaban J connectivity index is 1.42. The van der Waals surface area contributed by atoms with E-state index in [0.717, 1.165) is 41.5 Å². The topological polar surface area (TPSA) is 95.9 Å². The van der Waals surface area contributed by atoms with Crippen molar-refractivity contribution in [2.45, 2.75) is 63.5 Å². The summed E-state index contributed by atoms with van der Waals surface area (Å²) >= 11 is 0. The molecule has 7 nitrogen and oxygen atoms in total. The minimum atomic E-state index is -0.917. The molecule has 1 fully saturated rings. The van der Waals surface area contributed by atoms with Gasteiger partial charge in [-0.05, 0) is 41.5 Å². The van der Waals surface area contributed by atoms with E-state index in [-0.39, 0.29) is 30.9 Å². The molecule has 1 unspecified atom stereocenters. The first kappa shape index (κ1) is 23.8. The van der Waals surface area contributed by atoms with Crippen LogP contribution in [0.5, 0.6) is 0 Å². The molecule has 0 bridgehead atoms. The van der Waals surface area contributed by atoms with Crippen molar-refractivity contribution in [2.75, 3.05) is 13.2 Å². The third-order valence-corrected chi connectivity index (χ3v) is 6.85. The lowest BCUT2D eigenvalue weighted by atomic mass is 9.98. The van der Waals surface area contributed by atoms with E-state index in [1.165, 1.54) is 0 Å². The maximum atomic E-state index is 13.2. The molecule has 0 radical (unpaired) electrons. The molecule has 1 aliphatic carbocycles. The number of carbonyl (C=O) groups is 3. The number of rotatable bonds is 9. The fourth-order valence-electron chi connectivity index (χ4n) is 5.19. The Morgan fingerprint density at radius 2 is 1.74 bits per heavy atom. The van der Waals surface area contributed by atoms with Gasteiger partial charge in [0.25, 0.3) is 0 Å². The lowest BCUT2D eigenvalue weighted by Crippen LogP contribution is -2.50. The predicted molar refractivity (Wildman–Crippen MR) is 129 cm³/mol. The Morgan fingerprint density at radius 3 is 2.35 bits per heavy atom. The first-order chi connectivity index (χ1) is 16.5. The average molecular weight is 465 g/mol. The molecule has 1 heterocycles. The molecule has 1 aliphatic heterocycles. The van der Waals surface area contributed by atoms with Crippen LogP contribution in [-0.4, -0.2) is 53.2 Å². The van der Waals surface area contributed by atoms with Crippen LogP contribution < -0.4 is 5.32 Å². The first-order valence-electron chi connectivity index (χ1n) is 12.1. The number of benzene rings is 2. The van der Waals surface area contributed by atoms with Crippen LogP contribution in [0.4, 0.5) is 4.79 Å². The summed E-state index contributed by atoms with van der Waals surface area (Å²) in [6.45, 7) is 2.73. The minimum Gasteiger partial charge on any atom is -0.481 e. The summed E-state index contributed by atoms with van der Waals surface area (Å²) in [6.07, 6.45) is 2.91. The third kappa shape index (κ3) is 5.08. The number of likely N-dealkylation sites (tertiary alicyclic amines) is 1. The quantitative estimate of drug-likeness (QED) is 0.568. The molecule has 180 valence electrons. The van der Waals surface area contributed by atoms with Crippen molar-refractivity contribution < 1.29 is 24.2 Å². The Labute approximate surface area is 200 Å². The van der Waals surface area contributed by atoms with E-state index in [2.05, 4.69) is 29.6 Å². The number of unbranched alkanes of at least 4 members (excludes halogenated alkanes) is 1. The predicted octanol–water partition coefficient (Wildman–Crippen LogP) is 4.55. The highest BCUT2D eigenvalue weighted by molar-refractivity contribution is 5.86. The zero-order valence-electron chi connectivity index (χ0n) is 19.5. The van der Waals surface area contributed by atoms with Gasteiger partial charge >= 0.3 is 12.1 Å². The van der Waals surface area contributed by atoms with Crippen LogP contribution in [0.2, 0.25) is 0 Å². The van der Waals surface area contributed by atoms with E-state index < -0.39 is 18.1 Å². The molecule has 2 aromatic rings. The van der Waals surface area contributed by atoms with Gasteiger partial charge in [0.2, 0.25) is 5.91 Å². The molecule has 34 heavy (non-hydrogen) atoms. The number of hydrogen-bond acceptors (Lipinski definition) is 4. The Hall–Kier alpha value is -3.35. The van der Waals surface area contributed by atoms with Gasteiger partial charge in [0.15, 0.2) is 0 Å². The second-order valence-electron chi connectivity index (χ2n) is 9.09. The van der Waals surface area contributed by atoms with Gasteiger partial charge in [0, 0.05) is 18.5 Å². The average Bonchev–Trinajstić information content (AvgIpc) is 3.42. The van der Waals surface area contributed by atoms with E-state index in [9.17, 15) is 19.5 Å². The smallest absolute Gasteiger partial charge is 0.407 e. The van der Waals surface area contributed by atoms with Crippen LogP contribution in [0.3, 0.4) is 0 Å². The number of nitrogens with one attached hydrogen (secondary N) is 1. The van der Waals surface area contributed by atoms with Crippen LogP contribution in [0.25, 0.3) is 11.1 Å². The van der Waals surface area contributed by atoms with Gasteiger partial charge in [-0.1, -0.05) is 68.3 Å². The molecule has 4 rings (SSSR count). The van der Waals surface area contributed by atoms with Gasteiger partial charge in [-0.15, -0.1) is 0 Å². The molecule has 0 aromatic heterocycles. The van der Waals surface area contributed by atoms with E-state index >= 15 is 0 Å². The van der Waals surface area contributed by atoms with Crippen LogP contribution in [0.1, 0.15) is 62.5 Å². The van der Waals surface area contributed by atoms with E-state index in [1.807, 2.05) is 31.2 Å². The van der Waals surface area contributed by atoms with Gasteiger partial charge in [-0.3, -0.25) is 9.59 Å². The summed E-state index contributed by atoms with van der Waals surface area (Å²) in [7, 11) is 0. The summed E-state index contributed by atoms with van der Waals surface area (Å²) in [5, 5.41) is 12.0. The van der Waals surface area contributed by atoms with E-state index in [1.54, 1.807) is 4.90 Å². The molecule has 2 aliphatic rings. The van der Waals surface area contributed by atoms with E-state index in [0.29, 0.717) is 19.4 Å². The summed E-state index contributed by atoms with van der Waals surface area (Å²) in [4.78, 5) is 38.8. The number of carbonyl (C=O) groups excluding carboxylic acids is 2. The number of aliphatic carboxylic acids is 1. The summed E-state index contributed by atoms with van der Waals surface area (Å²) in [5.74, 6) is -1.19. The van der Waals surface area contributed by atoms with Crippen molar-refractivity contribution in [1.82, 2.24) is 10.2 Å². The molecule has 2 aromatic carbocycles. The maximum Gasteiger partial charge on any atom is 0.407 e. The van der Waals surface area contributed by atoms with Crippen LogP contribution in [-0.2, 0) is 14.3 Å². The van der Waals surface area contributed by atoms with Gasteiger partial charge < -0.3 is 20.1 Å². The van der Waals surface area contributed by atoms with Crippen molar-refractivity contribution in [2.24, 2.45) is 0 Å². The van der Waals surface area contributed by atoms with Crippen molar-refractivity contribution in [3.8, 4) is 11.1 Å². The highest BCUT2D eigenvalue weighted by Crippen LogP contribution is 2.44. The molecule has 1 saturated heterocycles. The third-order valence-electron chi connectivity index (χ3n) is 6.85. The largest absolute Gasteiger partial charge is 0.481 e. The Kier molecular flexibility index (Phi) is 7.50. The van der Waals surface area contributed by atoms with Crippen molar-refractivity contribution in [1.29, 1.82) is 0 Å². The fourth-order valence-corrected chi connectivity index (χ4v) is 5.19. The first-order valence-corrected chi connectivity index (χ1v) is 12.1. The molecule has 0 saturated carbocycles. The summed E-state index contributed by atoms with van der Waals surface area (Å²) in [6, 6.07) is 15.2. The number of amides is 2. The highest BCUT2D eigenvalue weighted by Gasteiger charge is 2.35. The Morgan fingerprint density at radius 1 is 1.09 bits per heavy atom. The van der Waals surface area contributed by atoms with Crippen LogP contribution in [0.15, 0.2) is 48.5 Å². The molecule has 7 heteroatoms. The van der Waals surface area contributed by atoms with Gasteiger partial charge in [-0.2, -0.15) is 0 Å². The number of nitrogens with zero attached hydrogens (tertiary/aromatic N) is 1. The summed E-state index contributed by atoms with van der Waals surface area (Å²) < 4.78 is 5.64. The number of carboxylic acids is 1. The molecule has 2 amide bonds. The maximum absolute atomic E-state index is 13.2.